The van der Waals surface area contributed by atoms with Crippen LogP contribution in [0, 0.1) is 0 Å². The first kappa shape index (κ1) is 19.9. The normalized spacial score (nSPS) is 15.7. The Hall–Kier alpha value is -2.80. The van der Waals surface area contributed by atoms with E-state index in [9.17, 15) is 14.4 Å². The van der Waals surface area contributed by atoms with Gasteiger partial charge < -0.3 is 9.47 Å². The van der Waals surface area contributed by atoms with Crippen LogP contribution in [0.4, 0.5) is 4.79 Å². The van der Waals surface area contributed by atoms with Crippen LogP contribution in [0.25, 0.3) is 16.8 Å². The van der Waals surface area contributed by atoms with Crippen molar-refractivity contribution in [3.8, 4) is 5.75 Å². The van der Waals surface area contributed by atoms with Gasteiger partial charge in [0.2, 0.25) is 0 Å². The lowest BCUT2D eigenvalue weighted by molar-refractivity contribution is -0.145. The summed E-state index contributed by atoms with van der Waals surface area (Å²) in [4.78, 5) is 37.8. The van der Waals surface area contributed by atoms with Crippen molar-refractivity contribution in [2.24, 2.45) is 0 Å². The van der Waals surface area contributed by atoms with Gasteiger partial charge >= 0.3 is 5.97 Å². The number of fused-ring (bicyclic) bond motifs is 1. The highest BCUT2D eigenvalue weighted by Crippen LogP contribution is 2.37. The molecule has 1 fully saturated rings. The second-order valence-corrected chi connectivity index (χ2v) is 7.43. The fourth-order valence-corrected chi connectivity index (χ4v) is 3.70. The molecule has 2 amide bonds. The van der Waals surface area contributed by atoms with E-state index in [4.69, 9.17) is 9.47 Å². The molecule has 0 atom stereocenters. The molecule has 7 heteroatoms. The van der Waals surface area contributed by atoms with Gasteiger partial charge in [0.25, 0.3) is 11.1 Å². The smallest absolute Gasteiger partial charge is 0.326 e. The first-order valence-electron chi connectivity index (χ1n) is 9.00. The summed E-state index contributed by atoms with van der Waals surface area (Å²) in [6.45, 7) is 5.32. The van der Waals surface area contributed by atoms with Crippen molar-refractivity contribution in [3.05, 3.63) is 46.9 Å². The molecular weight excluding hydrogens is 378 g/mol. The minimum atomic E-state index is -0.611. The van der Waals surface area contributed by atoms with Gasteiger partial charge in [-0.1, -0.05) is 30.3 Å². The summed E-state index contributed by atoms with van der Waals surface area (Å²) < 4.78 is 10.8. The van der Waals surface area contributed by atoms with Crippen LogP contribution in [0.5, 0.6) is 5.75 Å². The summed E-state index contributed by atoms with van der Waals surface area (Å²) in [5.41, 5.74) is 0.730. The van der Waals surface area contributed by atoms with E-state index in [-0.39, 0.29) is 24.2 Å². The Balaban J connectivity index is 2.00. The molecular formula is C21H21NO5S. The van der Waals surface area contributed by atoms with Crippen LogP contribution in [0.3, 0.4) is 0 Å². The molecule has 146 valence electrons. The van der Waals surface area contributed by atoms with Crippen molar-refractivity contribution in [2.75, 3.05) is 13.2 Å². The van der Waals surface area contributed by atoms with Crippen LogP contribution in [-0.2, 0) is 14.3 Å². The highest BCUT2D eigenvalue weighted by Gasteiger charge is 2.37. The van der Waals surface area contributed by atoms with Gasteiger partial charge in [-0.2, -0.15) is 0 Å². The van der Waals surface area contributed by atoms with Crippen LogP contribution < -0.4 is 4.74 Å². The summed E-state index contributed by atoms with van der Waals surface area (Å²) >= 11 is 0.808. The van der Waals surface area contributed by atoms with Gasteiger partial charge in [0, 0.05) is 5.56 Å². The van der Waals surface area contributed by atoms with Crippen LogP contribution in [-0.4, -0.2) is 41.3 Å². The third-order valence-corrected chi connectivity index (χ3v) is 4.94. The molecule has 0 radical (unpaired) electrons. The number of amides is 2. The molecule has 1 saturated heterocycles. The second-order valence-electron chi connectivity index (χ2n) is 6.44. The van der Waals surface area contributed by atoms with Gasteiger partial charge in [-0.3, -0.25) is 19.3 Å². The van der Waals surface area contributed by atoms with Crippen molar-refractivity contribution in [3.63, 3.8) is 0 Å². The Morgan fingerprint density at radius 3 is 2.64 bits per heavy atom. The summed E-state index contributed by atoms with van der Waals surface area (Å²) in [6.07, 6.45) is 1.61. The first-order chi connectivity index (χ1) is 13.4. The molecule has 0 N–H and O–H groups in total. The van der Waals surface area contributed by atoms with Gasteiger partial charge in [0.15, 0.2) is 0 Å². The van der Waals surface area contributed by atoms with Crippen molar-refractivity contribution in [1.29, 1.82) is 0 Å². The maximum Gasteiger partial charge on any atom is 0.326 e. The zero-order chi connectivity index (χ0) is 20.3. The van der Waals surface area contributed by atoms with Gasteiger partial charge in [-0.15, -0.1) is 0 Å². The summed E-state index contributed by atoms with van der Waals surface area (Å²) in [5, 5.41) is 1.42. The molecule has 0 unspecified atom stereocenters. The zero-order valence-corrected chi connectivity index (χ0v) is 16.7. The molecule has 2 aromatic carbocycles. The summed E-state index contributed by atoms with van der Waals surface area (Å²) in [5.74, 6) is -0.489. The molecule has 1 aliphatic heterocycles. The predicted molar refractivity (Wildman–Crippen MR) is 109 cm³/mol. The molecule has 0 aliphatic carbocycles. The quantitative estimate of drug-likeness (QED) is 0.535. The van der Waals surface area contributed by atoms with E-state index in [2.05, 4.69) is 0 Å². The molecule has 1 heterocycles. The van der Waals surface area contributed by atoms with E-state index in [0.717, 1.165) is 33.0 Å². The van der Waals surface area contributed by atoms with Crippen LogP contribution in [0.2, 0.25) is 0 Å². The van der Waals surface area contributed by atoms with E-state index >= 15 is 0 Å². The fraction of sp³-hybridized carbons (Fsp3) is 0.286. The monoisotopic (exact) mass is 399 g/mol. The minimum Gasteiger partial charge on any atom is -0.490 e. The van der Waals surface area contributed by atoms with E-state index in [1.807, 2.05) is 50.2 Å². The number of benzene rings is 2. The Labute approximate surface area is 167 Å². The molecule has 0 bridgehead atoms. The number of esters is 1. The van der Waals surface area contributed by atoms with E-state index in [0.29, 0.717) is 5.75 Å². The van der Waals surface area contributed by atoms with E-state index in [1.165, 1.54) is 0 Å². The summed E-state index contributed by atoms with van der Waals surface area (Å²) in [7, 11) is 0. The Morgan fingerprint density at radius 1 is 1.18 bits per heavy atom. The van der Waals surface area contributed by atoms with Gasteiger partial charge in [-0.25, -0.2) is 0 Å². The van der Waals surface area contributed by atoms with E-state index in [1.54, 1.807) is 13.0 Å². The molecule has 2 aromatic rings. The maximum atomic E-state index is 12.7. The van der Waals surface area contributed by atoms with Gasteiger partial charge in [0.1, 0.15) is 12.3 Å². The number of carbonyl (C=O) groups is 3. The van der Waals surface area contributed by atoms with Crippen molar-refractivity contribution in [1.82, 2.24) is 4.90 Å². The molecule has 28 heavy (non-hydrogen) atoms. The molecule has 0 saturated carbocycles. The Morgan fingerprint density at radius 2 is 1.93 bits per heavy atom. The molecule has 1 aliphatic rings. The number of imide groups is 1. The Kier molecular flexibility index (Phi) is 6.04. The molecule has 3 rings (SSSR count). The number of ether oxygens (including phenoxy) is 2. The second kappa shape index (κ2) is 8.48. The number of carbonyl (C=O) groups excluding carboxylic acids is 3. The summed E-state index contributed by atoms with van der Waals surface area (Å²) in [6, 6.07) is 11.6. The number of rotatable bonds is 6. The number of thioether (sulfide) groups is 1. The number of nitrogens with zero attached hydrogens (tertiary/aromatic N) is 1. The minimum absolute atomic E-state index is 0.0489. The SMILES string of the molecule is CCOC(=O)CN1C(=O)S/C(=C\c2c(OC(C)C)ccc3ccccc23)C1=O. The zero-order valence-electron chi connectivity index (χ0n) is 15.9. The topological polar surface area (TPSA) is 72.9 Å². The third-order valence-electron chi connectivity index (χ3n) is 4.03. The lowest BCUT2D eigenvalue weighted by Crippen LogP contribution is -2.34. The van der Waals surface area contributed by atoms with Crippen LogP contribution in [0.1, 0.15) is 26.3 Å². The van der Waals surface area contributed by atoms with Crippen LogP contribution >= 0.6 is 11.8 Å². The first-order valence-corrected chi connectivity index (χ1v) is 9.81. The average Bonchev–Trinajstić information content (AvgIpc) is 2.91. The number of hydrogen-bond acceptors (Lipinski definition) is 6. The largest absolute Gasteiger partial charge is 0.490 e. The highest BCUT2D eigenvalue weighted by molar-refractivity contribution is 8.18. The van der Waals surface area contributed by atoms with Crippen LogP contribution in [0.15, 0.2) is 41.3 Å². The molecule has 0 aromatic heterocycles. The third kappa shape index (κ3) is 4.20. The highest BCUT2D eigenvalue weighted by atomic mass is 32.2. The average molecular weight is 399 g/mol. The van der Waals surface area contributed by atoms with Gasteiger partial charge in [-0.05, 0) is 55.4 Å². The molecule has 6 nitrogen and oxygen atoms in total. The van der Waals surface area contributed by atoms with Crippen molar-refractivity contribution in [2.45, 2.75) is 26.9 Å². The lowest BCUT2D eigenvalue weighted by atomic mass is 10.0. The van der Waals surface area contributed by atoms with Gasteiger partial charge in [0.05, 0.1) is 17.6 Å². The standard InChI is InChI=1S/C21H21NO5S/c1-4-26-19(23)12-22-20(24)18(28-21(22)25)11-16-15-8-6-5-7-14(15)9-10-17(16)27-13(2)3/h5-11,13H,4,12H2,1-3H3/b18-11-. The predicted octanol–water partition coefficient (Wildman–Crippen LogP) is 4.23. The van der Waals surface area contributed by atoms with Crippen molar-refractivity contribution < 1.29 is 23.9 Å². The fourth-order valence-electron chi connectivity index (χ4n) is 2.88. The lowest BCUT2D eigenvalue weighted by Gasteiger charge is -2.15. The number of hydrogen-bond donors (Lipinski definition) is 0. The van der Waals surface area contributed by atoms with E-state index < -0.39 is 17.1 Å². The van der Waals surface area contributed by atoms with Crippen molar-refractivity contribution >= 4 is 45.7 Å². The Bertz CT molecular complexity index is 966. The molecule has 0 spiro atoms. The maximum absolute atomic E-state index is 12.7.